The van der Waals surface area contributed by atoms with E-state index in [1.54, 1.807) is 31.3 Å². The van der Waals surface area contributed by atoms with Crippen molar-refractivity contribution >= 4 is 17.6 Å². The summed E-state index contributed by atoms with van der Waals surface area (Å²) in [6.07, 6.45) is 5.35. The summed E-state index contributed by atoms with van der Waals surface area (Å²) in [5, 5.41) is 4.30. The van der Waals surface area contributed by atoms with Crippen LogP contribution < -0.4 is 5.32 Å². The summed E-state index contributed by atoms with van der Waals surface area (Å²) in [6.45, 7) is 2.21. The van der Waals surface area contributed by atoms with E-state index in [0.29, 0.717) is 6.54 Å². The van der Waals surface area contributed by atoms with Crippen LogP contribution in [-0.2, 0) is 15.2 Å². The van der Waals surface area contributed by atoms with Gasteiger partial charge in [-0.25, -0.2) is 4.98 Å². The molecule has 1 aromatic carbocycles. The largest absolute Gasteiger partial charge is 0.381 e. The number of methoxy groups -OCH3 is 1. The third kappa shape index (κ3) is 4.69. The Kier molecular flexibility index (Phi) is 6.07. The maximum atomic E-state index is 5.74. The van der Waals surface area contributed by atoms with E-state index >= 15 is 0 Å². The van der Waals surface area contributed by atoms with Crippen LogP contribution in [-0.4, -0.2) is 42.4 Å². The maximum Gasteiger partial charge on any atom is 0.145 e. The summed E-state index contributed by atoms with van der Waals surface area (Å²) in [5.74, 6) is 1.68. The van der Waals surface area contributed by atoms with Gasteiger partial charge in [-0.15, -0.1) is 11.8 Å². The summed E-state index contributed by atoms with van der Waals surface area (Å²) in [4.78, 5) is 8.94. The van der Waals surface area contributed by atoms with Crippen LogP contribution in [0.5, 0.6) is 0 Å². The van der Waals surface area contributed by atoms with Gasteiger partial charge in [0.2, 0.25) is 0 Å². The number of ether oxygens (including phenoxy) is 2. The molecule has 0 unspecified atom stereocenters. The molecule has 6 heteroatoms. The molecule has 0 bridgehead atoms. The summed E-state index contributed by atoms with van der Waals surface area (Å²) >= 11 is 1.69. The van der Waals surface area contributed by atoms with Crippen molar-refractivity contribution < 1.29 is 9.47 Å². The van der Waals surface area contributed by atoms with Gasteiger partial charge in [0.15, 0.2) is 0 Å². The fourth-order valence-electron chi connectivity index (χ4n) is 2.68. The van der Waals surface area contributed by atoms with Crippen molar-refractivity contribution in [1.29, 1.82) is 0 Å². The van der Waals surface area contributed by atoms with E-state index in [1.807, 2.05) is 6.07 Å². The van der Waals surface area contributed by atoms with Gasteiger partial charge in [-0.3, -0.25) is 4.98 Å². The lowest BCUT2D eigenvalue weighted by molar-refractivity contribution is -0.0807. The first-order valence-corrected chi connectivity index (χ1v) is 9.14. The van der Waals surface area contributed by atoms with E-state index in [9.17, 15) is 0 Å². The Balaban J connectivity index is 1.56. The predicted molar refractivity (Wildman–Crippen MR) is 96.3 cm³/mol. The number of aromatic nitrogens is 2. The number of anilines is 1. The van der Waals surface area contributed by atoms with Crippen LogP contribution in [0.2, 0.25) is 0 Å². The van der Waals surface area contributed by atoms with Gasteiger partial charge in [0.05, 0.1) is 18.0 Å². The number of hydrogen-bond donors (Lipinski definition) is 1. The fourth-order valence-corrected chi connectivity index (χ4v) is 3.49. The molecule has 1 saturated heterocycles. The van der Waals surface area contributed by atoms with Crippen molar-refractivity contribution in [2.24, 2.45) is 0 Å². The second kappa shape index (κ2) is 8.46. The molecule has 5 nitrogen and oxygen atoms in total. The Bertz CT molecular complexity index is 633. The predicted octanol–water partition coefficient (Wildman–Crippen LogP) is 3.38. The minimum Gasteiger partial charge on any atom is -0.381 e. The van der Waals surface area contributed by atoms with E-state index in [2.05, 4.69) is 39.6 Å². The zero-order valence-corrected chi connectivity index (χ0v) is 14.7. The number of benzene rings is 1. The summed E-state index contributed by atoms with van der Waals surface area (Å²) in [7, 11) is 1.77. The number of thioether (sulfide) groups is 1. The lowest BCUT2D eigenvalue weighted by Crippen LogP contribution is -2.44. The number of rotatable bonds is 7. The van der Waals surface area contributed by atoms with Crippen LogP contribution in [0.3, 0.4) is 0 Å². The lowest BCUT2D eigenvalue weighted by atomic mass is 9.94. The molecule has 1 aromatic heterocycles. The molecule has 0 saturated carbocycles. The highest BCUT2D eigenvalue weighted by Crippen LogP contribution is 2.25. The van der Waals surface area contributed by atoms with Gasteiger partial charge in [-0.1, -0.05) is 30.3 Å². The summed E-state index contributed by atoms with van der Waals surface area (Å²) in [6, 6.07) is 10.4. The highest BCUT2D eigenvalue weighted by atomic mass is 32.2. The van der Waals surface area contributed by atoms with Crippen LogP contribution >= 0.6 is 11.8 Å². The molecule has 0 atom stereocenters. The molecule has 1 aliphatic heterocycles. The normalized spacial score (nSPS) is 16.7. The Morgan fingerprint density at radius 3 is 2.75 bits per heavy atom. The van der Waals surface area contributed by atoms with E-state index in [4.69, 9.17) is 9.47 Å². The molecule has 1 fully saturated rings. The van der Waals surface area contributed by atoms with Gasteiger partial charge >= 0.3 is 0 Å². The lowest BCUT2D eigenvalue weighted by Gasteiger charge is -2.36. The molecule has 0 spiro atoms. The van der Waals surface area contributed by atoms with Crippen molar-refractivity contribution in [1.82, 2.24) is 9.97 Å². The first kappa shape index (κ1) is 17.2. The average molecular weight is 345 g/mol. The molecule has 1 aliphatic rings. The van der Waals surface area contributed by atoms with Crippen molar-refractivity contribution in [3.8, 4) is 0 Å². The van der Waals surface area contributed by atoms with Crippen LogP contribution in [0.1, 0.15) is 18.4 Å². The molecule has 2 heterocycles. The molecule has 0 amide bonds. The van der Waals surface area contributed by atoms with Gasteiger partial charge < -0.3 is 14.8 Å². The second-order valence-electron chi connectivity index (χ2n) is 5.87. The zero-order chi connectivity index (χ0) is 16.7. The van der Waals surface area contributed by atoms with Crippen molar-refractivity contribution in [3.05, 3.63) is 48.3 Å². The third-order valence-electron chi connectivity index (χ3n) is 4.27. The van der Waals surface area contributed by atoms with Gasteiger partial charge in [-0.2, -0.15) is 0 Å². The third-order valence-corrected chi connectivity index (χ3v) is 5.24. The SMILES string of the molecule is COC1(CNc2cncc(SCc3ccccc3)n2)CCOCC1. The Labute approximate surface area is 147 Å². The zero-order valence-electron chi connectivity index (χ0n) is 13.9. The minimum absolute atomic E-state index is 0.173. The fraction of sp³-hybridized carbons (Fsp3) is 0.444. The molecule has 0 aliphatic carbocycles. The number of nitrogens with zero attached hydrogens (tertiary/aromatic N) is 2. The minimum atomic E-state index is -0.173. The average Bonchev–Trinajstić information content (AvgIpc) is 2.67. The molecular weight excluding hydrogens is 322 g/mol. The standard InChI is InChI=1S/C18H23N3O2S/c1-22-18(7-9-23-10-8-18)14-20-16-11-19-12-17(21-16)24-13-15-5-3-2-4-6-15/h2-6,11-12H,7-10,13-14H2,1H3,(H,20,21). The first-order chi connectivity index (χ1) is 11.8. The van der Waals surface area contributed by atoms with Crippen molar-refractivity contribution in [2.45, 2.75) is 29.2 Å². The van der Waals surface area contributed by atoms with Crippen molar-refractivity contribution in [3.63, 3.8) is 0 Å². The van der Waals surface area contributed by atoms with Gasteiger partial charge in [0.1, 0.15) is 10.8 Å². The van der Waals surface area contributed by atoms with Crippen LogP contribution in [0, 0.1) is 0 Å². The van der Waals surface area contributed by atoms with Gasteiger partial charge in [-0.05, 0) is 5.56 Å². The van der Waals surface area contributed by atoms with Crippen LogP contribution in [0.4, 0.5) is 5.82 Å². The second-order valence-corrected chi connectivity index (χ2v) is 6.87. The van der Waals surface area contributed by atoms with Gasteiger partial charge in [0, 0.05) is 45.5 Å². The highest BCUT2D eigenvalue weighted by Gasteiger charge is 2.32. The van der Waals surface area contributed by atoms with E-state index in [-0.39, 0.29) is 5.60 Å². The van der Waals surface area contributed by atoms with Crippen LogP contribution in [0.15, 0.2) is 47.8 Å². The Morgan fingerprint density at radius 2 is 2.00 bits per heavy atom. The monoisotopic (exact) mass is 345 g/mol. The number of nitrogens with one attached hydrogen (secondary N) is 1. The smallest absolute Gasteiger partial charge is 0.145 e. The van der Waals surface area contributed by atoms with Gasteiger partial charge in [0.25, 0.3) is 0 Å². The first-order valence-electron chi connectivity index (χ1n) is 8.15. The summed E-state index contributed by atoms with van der Waals surface area (Å²) in [5.41, 5.74) is 1.11. The Hall–Kier alpha value is -1.63. The quantitative estimate of drug-likeness (QED) is 0.777. The highest BCUT2D eigenvalue weighted by molar-refractivity contribution is 7.98. The van der Waals surface area contributed by atoms with E-state index < -0.39 is 0 Å². The molecule has 24 heavy (non-hydrogen) atoms. The molecule has 0 radical (unpaired) electrons. The van der Waals surface area contributed by atoms with E-state index in [0.717, 1.165) is 42.7 Å². The Morgan fingerprint density at radius 1 is 1.21 bits per heavy atom. The molecule has 1 N–H and O–H groups in total. The maximum absolute atomic E-state index is 5.74. The van der Waals surface area contributed by atoms with E-state index in [1.165, 1.54) is 5.56 Å². The molecule has 2 aromatic rings. The molecule has 128 valence electrons. The van der Waals surface area contributed by atoms with Crippen LogP contribution in [0.25, 0.3) is 0 Å². The summed E-state index contributed by atoms with van der Waals surface area (Å²) < 4.78 is 11.2. The molecule has 3 rings (SSSR count). The number of hydrogen-bond acceptors (Lipinski definition) is 6. The van der Waals surface area contributed by atoms with Crippen molar-refractivity contribution in [2.75, 3.05) is 32.2 Å². The topological polar surface area (TPSA) is 56.3 Å². The molecular formula is C18H23N3O2S.